The van der Waals surface area contributed by atoms with E-state index < -0.39 is 17.6 Å². The van der Waals surface area contributed by atoms with Crippen molar-refractivity contribution < 1.29 is 24.6 Å². The molecule has 2 N–H and O–H groups in total. The first-order valence-electron chi connectivity index (χ1n) is 4.00. The quantitative estimate of drug-likeness (QED) is 0.606. The Kier molecular flexibility index (Phi) is 2.85. The van der Waals surface area contributed by atoms with E-state index in [1.807, 2.05) is 0 Å². The van der Waals surface area contributed by atoms with Crippen LogP contribution in [0, 0.1) is 0 Å². The monoisotopic (exact) mass is 199 g/mol. The van der Waals surface area contributed by atoms with Gasteiger partial charge in [0.2, 0.25) is 5.91 Å². The highest BCUT2D eigenvalue weighted by Crippen LogP contribution is 2.16. The lowest BCUT2D eigenvalue weighted by atomic mass is 10.3. The molecular weight excluding hydrogens is 190 g/mol. The van der Waals surface area contributed by atoms with Crippen LogP contribution in [0.25, 0.3) is 0 Å². The first kappa shape index (κ1) is 10.2. The number of carboxylic acid groups (broad SMARTS) is 2. The van der Waals surface area contributed by atoms with Crippen LogP contribution >= 0.6 is 0 Å². The molecule has 0 aromatic rings. The number of carboxylic acids is 2. The fraction of sp³-hybridized carbons (Fsp3) is 0.375. The van der Waals surface area contributed by atoms with Gasteiger partial charge in [0.25, 0.3) is 0 Å². The van der Waals surface area contributed by atoms with Crippen LogP contribution in [0.2, 0.25) is 0 Å². The number of hydrogen-bond acceptors (Lipinski definition) is 3. The first-order valence-corrected chi connectivity index (χ1v) is 4.00. The molecular formula is C8H9NO5. The smallest absolute Gasteiger partial charge is 0.352 e. The molecule has 1 amide bonds. The summed E-state index contributed by atoms with van der Waals surface area (Å²) in [5, 5.41) is 17.1. The average Bonchev–Trinajstić information content (AvgIpc) is 2.46. The van der Waals surface area contributed by atoms with E-state index in [4.69, 9.17) is 10.2 Å². The van der Waals surface area contributed by atoms with Crippen LogP contribution in [-0.4, -0.2) is 39.5 Å². The van der Waals surface area contributed by atoms with Crippen molar-refractivity contribution in [1.29, 1.82) is 0 Å². The molecule has 0 unspecified atom stereocenters. The SMILES string of the molecule is O=C(O)/C=C(\C(=O)O)N1CCCC1=O. The molecule has 6 heteroatoms. The number of likely N-dealkylation sites (tertiary alicyclic amines) is 1. The molecule has 1 rings (SSSR count). The Bertz CT molecular complexity index is 320. The molecule has 1 fully saturated rings. The van der Waals surface area contributed by atoms with E-state index in [-0.39, 0.29) is 18.9 Å². The van der Waals surface area contributed by atoms with Crippen molar-refractivity contribution in [2.45, 2.75) is 12.8 Å². The van der Waals surface area contributed by atoms with Crippen molar-refractivity contribution >= 4 is 17.8 Å². The van der Waals surface area contributed by atoms with Crippen LogP contribution in [0.15, 0.2) is 11.8 Å². The van der Waals surface area contributed by atoms with Gasteiger partial charge in [0, 0.05) is 13.0 Å². The summed E-state index contributed by atoms with van der Waals surface area (Å²) < 4.78 is 0. The van der Waals surface area contributed by atoms with Gasteiger partial charge in [0.15, 0.2) is 0 Å². The van der Waals surface area contributed by atoms with Gasteiger partial charge >= 0.3 is 11.9 Å². The molecule has 1 heterocycles. The van der Waals surface area contributed by atoms with Crippen LogP contribution in [-0.2, 0) is 14.4 Å². The molecule has 0 aliphatic carbocycles. The highest BCUT2D eigenvalue weighted by molar-refractivity contribution is 5.98. The number of carbonyl (C=O) groups is 3. The Morgan fingerprint density at radius 2 is 2.00 bits per heavy atom. The molecule has 1 aliphatic heterocycles. The largest absolute Gasteiger partial charge is 0.478 e. The van der Waals surface area contributed by atoms with Crippen LogP contribution in [0.4, 0.5) is 0 Å². The highest BCUT2D eigenvalue weighted by Gasteiger charge is 2.28. The lowest BCUT2D eigenvalue weighted by Crippen LogP contribution is -2.29. The number of carbonyl (C=O) groups excluding carboxylic acids is 1. The zero-order chi connectivity index (χ0) is 10.7. The molecule has 0 saturated carbocycles. The predicted octanol–water partition coefficient (Wildman–Crippen LogP) is -0.338. The summed E-state index contributed by atoms with van der Waals surface area (Å²) in [7, 11) is 0. The predicted molar refractivity (Wildman–Crippen MR) is 44.3 cm³/mol. The van der Waals surface area contributed by atoms with E-state index in [1.165, 1.54) is 0 Å². The third-order valence-electron chi connectivity index (χ3n) is 1.84. The standard InChI is InChI=1S/C8H9NO5/c10-6-2-1-3-9(6)5(8(13)14)4-7(11)12/h4H,1-3H2,(H,11,12)(H,13,14)/b5-4+. The molecule has 0 aromatic carbocycles. The lowest BCUT2D eigenvalue weighted by molar-refractivity contribution is -0.139. The van der Waals surface area contributed by atoms with E-state index in [0.717, 1.165) is 4.90 Å². The highest BCUT2D eigenvalue weighted by atomic mass is 16.4. The molecule has 6 nitrogen and oxygen atoms in total. The molecule has 0 radical (unpaired) electrons. The summed E-state index contributed by atoms with van der Waals surface area (Å²) in [5.74, 6) is -3.12. The van der Waals surface area contributed by atoms with Crippen LogP contribution in [0.1, 0.15) is 12.8 Å². The van der Waals surface area contributed by atoms with Crippen molar-refractivity contribution in [3.63, 3.8) is 0 Å². The molecule has 0 bridgehead atoms. The van der Waals surface area contributed by atoms with Crippen molar-refractivity contribution in [2.24, 2.45) is 0 Å². The minimum Gasteiger partial charge on any atom is -0.478 e. The van der Waals surface area contributed by atoms with E-state index in [9.17, 15) is 14.4 Å². The summed E-state index contributed by atoms with van der Waals surface area (Å²) in [6.45, 7) is 0.268. The maximum absolute atomic E-state index is 11.1. The summed E-state index contributed by atoms with van der Waals surface area (Å²) >= 11 is 0. The minimum absolute atomic E-state index is 0.268. The fourth-order valence-corrected chi connectivity index (χ4v) is 1.27. The molecule has 14 heavy (non-hydrogen) atoms. The second-order valence-corrected chi connectivity index (χ2v) is 2.82. The van der Waals surface area contributed by atoms with Crippen LogP contribution in [0.5, 0.6) is 0 Å². The van der Waals surface area contributed by atoms with E-state index in [2.05, 4.69) is 0 Å². The van der Waals surface area contributed by atoms with Gasteiger partial charge in [-0.25, -0.2) is 9.59 Å². The van der Waals surface area contributed by atoms with Crippen LogP contribution in [0.3, 0.4) is 0 Å². The summed E-state index contributed by atoms with van der Waals surface area (Å²) in [6.07, 6.45) is 1.36. The maximum Gasteiger partial charge on any atom is 0.352 e. The van der Waals surface area contributed by atoms with E-state index in [0.29, 0.717) is 12.5 Å². The molecule has 0 atom stereocenters. The zero-order valence-corrected chi connectivity index (χ0v) is 7.27. The van der Waals surface area contributed by atoms with Gasteiger partial charge in [-0.1, -0.05) is 0 Å². The number of aliphatic carboxylic acids is 2. The third kappa shape index (κ3) is 2.09. The Morgan fingerprint density at radius 1 is 1.36 bits per heavy atom. The Balaban J connectivity index is 2.93. The molecule has 1 aliphatic rings. The van der Waals surface area contributed by atoms with Crippen molar-refractivity contribution in [3.05, 3.63) is 11.8 Å². The van der Waals surface area contributed by atoms with Gasteiger partial charge in [-0.2, -0.15) is 0 Å². The second-order valence-electron chi connectivity index (χ2n) is 2.82. The Labute approximate surface area is 79.4 Å². The maximum atomic E-state index is 11.1. The normalized spacial score (nSPS) is 17.3. The summed E-state index contributed by atoms with van der Waals surface area (Å²) in [5.41, 5.74) is -0.472. The summed E-state index contributed by atoms with van der Waals surface area (Å²) in [4.78, 5) is 33.1. The molecule has 76 valence electrons. The van der Waals surface area contributed by atoms with E-state index >= 15 is 0 Å². The number of rotatable bonds is 3. The number of nitrogens with zero attached hydrogens (tertiary/aromatic N) is 1. The van der Waals surface area contributed by atoms with Gasteiger partial charge in [-0.05, 0) is 6.42 Å². The van der Waals surface area contributed by atoms with E-state index in [1.54, 1.807) is 0 Å². The summed E-state index contributed by atoms with van der Waals surface area (Å²) in [6, 6.07) is 0. The van der Waals surface area contributed by atoms with Gasteiger partial charge in [-0.3, -0.25) is 4.79 Å². The lowest BCUT2D eigenvalue weighted by Gasteiger charge is -2.14. The van der Waals surface area contributed by atoms with Crippen LogP contribution < -0.4 is 0 Å². The average molecular weight is 199 g/mol. The van der Waals surface area contributed by atoms with Crippen molar-refractivity contribution in [3.8, 4) is 0 Å². The first-order chi connectivity index (χ1) is 6.52. The Morgan fingerprint density at radius 3 is 2.36 bits per heavy atom. The van der Waals surface area contributed by atoms with Crippen molar-refractivity contribution in [1.82, 2.24) is 4.90 Å². The Hall–Kier alpha value is -1.85. The number of hydrogen-bond donors (Lipinski definition) is 2. The van der Waals surface area contributed by atoms with Gasteiger partial charge in [0.05, 0.1) is 6.08 Å². The fourth-order valence-electron chi connectivity index (χ4n) is 1.27. The molecule has 1 saturated heterocycles. The molecule has 0 aromatic heterocycles. The zero-order valence-electron chi connectivity index (χ0n) is 7.27. The number of amides is 1. The second kappa shape index (κ2) is 3.91. The minimum atomic E-state index is -1.40. The third-order valence-corrected chi connectivity index (χ3v) is 1.84. The van der Waals surface area contributed by atoms with Gasteiger partial charge < -0.3 is 15.1 Å². The topological polar surface area (TPSA) is 94.9 Å². The molecule has 0 spiro atoms. The van der Waals surface area contributed by atoms with Gasteiger partial charge in [-0.15, -0.1) is 0 Å². The van der Waals surface area contributed by atoms with Crippen molar-refractivity contribution in [2.75, 3.05) is 6.54 Å². The van der Waals surface area contributed by atoms with Gasteiger partial charge in [0.1, 0.15) is 5.70 Å².